The summed E-state index contributed by atoms with van der Waals surface area (Å²) >= 11 is 0. The van der Waals surface area contributed by atoms with E-state index in [1.54, 1.807) is 0 Å². The van der Waals surface area contributed by atoms with E-state index in [-0.39, 0.29) is 0 Å². The fourth-order valence-corrected chi connectivity index (χ4v) is 1.08. The van der Waals surface area contributed by atoms with Crippen molar-refractivity contribution in [2.45, 2.75) is 30.7 Å². The van der Waals surface area contributed by atoms with Gasteiger partial charge in [-0.05, 0) is 0 Å². The van der Waals surface area contributed by atoms with Crippen molar-refractivity contribution in [2.75, 3.05) is 6.61 Å². The lowest BCUT2D eigenvalue weighted by Gasteiger charge is -2.37. The van der Waals surface area contributed by atoms with E-state index in [9.17, 15) is 0 Å². The molecule has 0 bridgehead atoms. The molecule has 5 N–H and O–H groups in total. The van der Waals surface area contributed by atoms with E-state index in [4.69, 9.17) is 36.6 Å². The van der Waals surface area contributed by atoms with Gasteiger partial charge in [0.2, 0.25) is 0 Å². The van der Waals surface area contributed by atoms with E-state index in [1.165, 1.54) is 4.91 Å². The summed E-state index contributed by atoms with van der Waals surface area (Å²) in [6.07, 6.45) is -7.04. The zero-order valence-electron chi connectivity index (χ0n) is 7.58. The fourth-order valence-electron chi connectivity index (χ4n) is 1.08. The number of rotatable bonds is 1. The molecule has 0 saturated carbocycles. The monoisotopic (exact) mass is 222 g/mol. The van der Waals surface area contributed by atoms with Crippen molar-refractivity contribution in [1.82, 2.24) is 0 Å². The summed E-state index contributed by atoms with van der Waals surface area (Å²) in [4.78, 5) is 1.50. The van der Waals surface area contributed by atoms with E-state index < -0.39 is 37.3 Å². The molecular formula is C6H12N3O6-. The third-order valence-corrected chi connectivity index (χ3v) is 1.87. The molecule has 1 aliphatic rings. The molecular weight excluding hydrogens is 210 g/mol. The molecule has 88 valence electrons. The van der Waals surface area contributed by atoms with Gasteiger partial charge in [-0.2, -0.15) is 0 Å². The third kappa shape index (κ3) is 3.61. The molecule has 1 aliphatic heterocycles. The van der Waals surface area contributed by atoms with Crippen molar-refractivity contribution in [3.8, 4) is 0 Å². The van der Waals surface area contributed by atoms with Crippen LogP contribution in [0.1, 0.15) is 0 Å². The predicted octanol–water partition coefficient (Wildman–Crippen LogP) is -2.36. The minimum Gasteiger partial charge on any atom is -0.394 e. The highest BCUT2D eigenvalue weighted by molar-refractivity contribution is 4.87. The largest absolute Gasteiger partial charge is 0.394 e. The Hall–Kier alpha value is -0.930. The molecule has 0 aliphatic carbocycles. The summed E-state index contributed by atoms with van der Waals surface area (Å²) in [6, 6.07) is 0. The maximum absolute atomic E-state index is 9.12. The lowest BCUT2D eigenvalue weighted by Crippen LogP contribution is -2.58. The summed E-state index contributed by atoms with van der Waals surface area (Å²) in [7, 11) is 0. The molecule has 0 aromatic rings. The zero-order valence-corrected chi connectivity index (χ0v) is 7.58. The zero-order chi connectivity index (χ0) is 12.0. The average molecular weight is 222 g/mol. The molecule has 0 aromatic carbocycles. The number of nitrogens with zero attached hydrogens (tertiary/aromatic N) is 3. The highest BCUT2D eigenvalue weighted by Gasteiger charge is 2.42. The maximum Gasteiger partial charge on any atom is 0.184 e. The van der Waals surface area contributed by atoms with E-state index >= 15 is 0 Å². The molecule has 9 nitrogen and oxygen atoms in total. The van der Waals surface area contributed by atoms with Crippen molar-refractivity contribution in [3.05, 3.63) is 16.0 Å². The molecule has 1 unspecified atom stereocenters. The van der Waals surface area contributed by atoms with Gasteiger partial charge in [-0.3, -0.25) is 4.91 Å². The minimum atomic E-state index is -1.57. The van der Waals surface area contributed by atoms with Crippen molar-refractivity contribution in [2.24, 2.45) is 0 Å². The van der Waals surface area contributed by atoms with Gasteiger partial charge in [0.25, 0.3) is 0 Å². The SMILES string of the molecule is OC[C@H]1OC(O)[C@@H](O)[C@@H](O)[C@@H]1O.[N-]=[N+]=[N-]. The van der Waals surface area contributed by atoms with E-state index in [0.29, 0.717) is 0 Å². The summed E-state index contributed by atoms with van der Waals surface area (Å²) in [5, 5.41) is 44.7. The molecule has 15 heavy (non-hydrogen) atoms. The van der Waals surface area contributed by atoms with Crippen LogP contribution in [-0.2, 0) is 4.74 Å². The van der Waals surface area contributed by atoms with Crippen molar-refractivity contribution in [1.29, 1.82) is 0 Å². The van der Waals surface area contributed by atoms with Crippen molar-refractivity contribution in [3.63, 3.8) is 0 Å². The van der Waals surface area contributed by atoms with Crippen LogP contribution >= 0.6 is 0 Å². The van der Waals surface area contributed by atoms with Crippen LogP contribution in [-0.4, -0.2) is 62.8 Å². The molecule has 1 heterocycles. The van der Waals surface area contributed by atoms with E-state index in [2.05, 4.69) is 4.74 Å². The quantitative estimate of drug-likeness (QED) is 0.189. The first-order valence-electron chi connectivity index (χ1n) is 3.96. The van der Waals surface area contributed by atoms with Crippen LogP contribution < -0.4 is 0 Å². The van der Waals surface area contributed by atoms with Crippen LogP contribution in [0.4, 0.5) is 0 Å². The minimum absolute atomic E-state index is 0.526. The van der Waals surface area contributed by atoms with E-state index in [0.717, 1.165) is 0 Å². The Balaban J connectivity index is 0.000000583. The molecule has 0 spiro atoms. The van der Waals surface area contributed by atoms with Gasteiger partial charge >= 0.3 is 0 Å². The molecule has 1 saturated heterocycles. The molecule has 0 aromatic heterocycles. The lowest BCUT2D eigenvalue weighted by atomic mass is 10.00. The second kappa shape index (κ2) is 6.53. The highest BCUT2D eigenvalue weighted by Crippen LogP contribution is 2.18. The van der Waals surface area contributed by atoms with Crippen LogP contribution in [0.15, 0.2) is 0 Å². The maximum atomic E-state index is 9.12. The molecule has 0 amide bonds. The van der Waals surface area contributed by atoms with Gasteiger partial charge in [-0.1, -0.05) is 0 Å². The average Bonchev–Trinajstić information content (AvgIpc) is 2.21. The normalized spacial score (nSPS) is 39.9. The Morgan fingerprint density at radius 3 is 1.87 bits per heavy atom. The Kier molecular flexibility index (Phi) is 6.13. The van der Waals surface area contributed by atoms with Crippen LogP contribution in [0.5, 0.6) is 0 Å². The second-order valence-corrected chi connectivity index (χ2v) is 2.81. The smallest absolute Gasteiger partial charge is 0.184 e. The summed E-state index contributed by atoms with van der Waals surface area (Å²) in [6.45, 7) is -0.526. The van der Waals surface area contributed by atoms with Crippen LogP contribution in [0.25, 0.3) is 16.0 Å². The predicted molar refractivity (Wildman–Crippen MR) is 46.1 cm³/mol. The first kappa shape index (κ1) is 14.1. The first-order valence-corrected chi connectivity index (χ1v) is 3.96. The summed E-state index contributed by atoms with van der Waals surface area (Å²) in [5.41, 5.74) is 13.5. The van der Waals surface area contributed by atoms with Gasteiger partial charge in [0, 0.05) is 0 Å². The third-order valence-electron chi connectivity index (χ3n) is 1.87. The summed E-state index contributed by atoms with van der Waals surface area (Å²) in [5.74, 6) is 0. The molecule has 5 atom stereocenters. The Labute approximate surface area is 84.6 Å². The molecule has 1 rings (SSSR count). The molecule has 0 radical (unpaired) electrons. The second-order valence-electron chi connectivity index (χ2n) is 2.81. The topological polar surface area (TPSA) is 169 Å². The summed E-state index contributed by atoms with van der Waals surface area (Å²) < 4.78 is 4.58. The number of ether oxygens (including phenoxy) is 1. The van der Waals surface area contributed by atoms with Gasteiger partial charge < -0.3 is 41.3 Å². The fraction of sp³-hybridized carbons (Fsp3) is 1.00. The van der Waals surface area contributed by atoms with Crippen LogP contribution in [0, 0.1) is 0 Å². The number of aliphatic hydroxyl groups is 5. The number of aliphatic hydroxyl groups excluding tert-OH is 5. The van der Waals surface area contributed by atoms with E-state index in [1.807, 2.05) is 0 Å². The van der Waals surface area contributed by atoms with Crippen LogP contribution in [0.2, 0.25) is 0 Å². The van der Waals surface area contributed by atoms with Gasteiger partial charge in [0.15, 0.2) is 6.29 Å². The first-order chi connectivity index (χ1) is 6.99. The Bertz CT molecular complexity index is 216. The van der Waals surface area contributed by atoms with Gasteiger partial charge in [0.1, 0.15) is 24.4 Å². The molecule has 1 fully saturated rings. The Morgan fingerprint density at radius 2 is 1.47 bits per heavy atom. The van der Waals surface area contributed by atoms with Crippen LogP contribution in [0.3, 0.4) is 0 Å². The van der Waals surface area contributed by atoms with Gasteiger partial charge in [-0.15, -0.1) is 0 Å². The van der Waals surface area contributed by atoms with Crippen molar-refractivity contribution < 1.29 is 30.3 Å². The van der Waals surface area contributed by atoms with Gasteiger partial charge in [-0.25, -0.2) is 0 Å². The highest BCUT2D eigenvalue weighted by atomic mass is 16.6. The molecule has 9 heteroatoms. The standard InChI is InChI=1S/C6H12O6.N3/c7-1-2-3(8)4(9)5(10)6(11)12-2;1-3-2/h2-11H,1H2;/q;-1/t2-,3-,4+,5+,6?;/m1./s1. The number of hydrogen-bond acceptors (Lipinski definition) is 6. The van der Waals surface area contributed by atoms with Gasteiger partial charge in [0.05, 0.1) is 6.61 Å². The Morgan fingerprint density at radius 1 is 1.00 bits per heavy atom. The number of hydrogen-bond donors (Lipinski definition) is 5. The van der Waals surface area contributed by atoms with Crippen molar-refractivity contribution >= 4 is 0 Å². The lowest BCUT2D eigenvalue weighted by molar-refractivity contribution is -0.286.